The minimum Gasteiger partial charge on any atom is -0.464 e. The summed E-state index contributed by atoms with van der Waals surface area (Å²) in [6.45, 7) is 6.43. The number of furan rings is 1. The van der Waals surface area contributed by atoms with E-state index in [9.17, 15) is 0 Å². The predicted octanol–water partition coefficient (Wildman–Crippen LogP) is 4.69. The van der Waals surface area contributed by atoms with Gasteiger partial charge in [0.1, 0.15) is 11.5 Å². The van der Waals surface area contributed by atoms with Gasteiger partial charge in [0.15, 0.2) is 0 Å². The van der Waals surface area contributed by atoms with E-state index < -0.39 is 0 Å². The van der Waals surface area contributed by atoms with Crippen LogP contribution < -0.4 is 5.32 Å². The summed E-state index contributed by atoms with van der Waals surface area (Å²) in [7, 11) is 0. The Morgan fingerprint density at radius 1 is 1.19 bits per heavy atom. The summed E-state index contributed by atoms with van der Waals surface area (Å²) in [6.07, 6.45) is 2.44. The number of rotatable bonds is 7. The molecule has 2 aromatic rings. The number of hydrogen-bond acceptors (Lipinski definition) is 2. The minimum atomic E-state index is 0.596. The third kappa shape index (κ3) is 3.76. The van der Waals surface area contributed by atoms with Gasteiger partial charge in [-0.2, -0.15) is 0 Å². The van der Waals surface area contributed by atoms with Gasteiger partial charge in [0, 0.05) is 5.92 Å². The van der Waals surface area contributed by atoms with Crippen LogP contribution in [0.2, 0.25) is 0 Å². The van der Waals surface area contributed by atoms with Gasteiger partial charge >= 0.3 is 0 Å². The molecule has 0 spiro atoms. The molecule has 1 aliphatic rings. The lowest BCUT2D eigenvalue weighted by Gasteiger charge is -2.11. The molecule has 2 nitrogen and oxygen atoms in total. The monoisotopic (exact) mass is 283 g/mol. The Labute approximate surface area is 127 Å². The van der Waals surface area contributed by atoms with Gasteiger partial charge in [-0.1, -0.05) is 44.2 Å². The molecule has 0 radical (unpaired) electrons. The molecule has 1 heterocycles. The van der Waals surface area contributed by atoms with Crippen molar-refractivity contribution in [3.8, 4) is 0 Å². The third-order valence-electron chi connectivity index (χ3n) is 4.58. The van der Waals surface area contributed by atoms with Crippen LogP contribution in [-0.4, -0.2) is 6.54 Å². The van der Waals surface area contributed by atoms with Crippen molar-refractivity contribution in [2.75, 3.05) is 6.54 Å². The summed E-state index contributed by atoms with van der Waals surface area (Å²) >= 11 is 0. The summed E-state index contributed by atoms with van der Waals surface area (Å²) in [5, 5.41) is 3.49. The van der Waals surface area contributed by atoms with Crippen LogP contribution in [0, 0.1) is 5.92 Å². The van der Waals surface area contributed by atoms with Crippen molar-refractivity contribution in [1.82, 2.24) is 5.32 Å². The van der Waals surface area contributed by atoms with Gasteiger partial charge in [-0.15, -0.1) is 0 Å². The van der Waals surface area contributed by atoms with Crippen molar-refractivity contribution in [2.45, 2.75) is 45.1 Å². The summed E-state index contributed by atoms with van der Waals surface area (Å²) < 4.78 is 5.91. The van der Waals surface area contributed by atoms with E-state index >= 15 is 0 Å². The van der Waals surface area contributed by atoms with Gasteiger partial charge in [-0.3, -0.25) is 0 Å². The zero-order chi connectivity index (χ0) is 14.7. The van der Waals surface area contributed by atoms with Gasteiger partial charge in [0.25, 0.3) is 0 Å². The first-order valence-corrected chi connectivity index (χ1v) is 8.08. The smallest absolute Gasteiger partial charge is 0.117 e. The molecule has 3 atom stereocenters. The van der Waals surface area contributed by atoms with Crippen LogP contribution in [0.25, 0.3) is 0 Å². The maximum atomic E-state index is 5.91. The third-order valence-corrected chi connectivity index (χ3v) is 4.58. The fourth-order valence-electron chi connectivity index (χ4n) is 2.89. The van der Waals surface area contributed by atoms with Crippen molar-refractivity contribution in [2.24, 2.45) is 5.92 Å². The van der Waals surface area contributed by atoms with Gasteiger partial charge in [0.05, 0.1) is 6.54 Å². The number of hydrogen-bond donors (Lipinski definition) is 1. The van der Waals surface area contributed by atoms with Crippen LogP contribution in [0.1, 0.15) is 55.6 Å². The predicted molar refractivity (Wildman–Crippen MR) is 86.4 cm³/mol. The molecule has 21 heavy (non-hydrogen) atoms. The van der Waals surface area contributed by atoms with Crippen LogP contribution in [0.5, 0.6) is 0 Å². The average Bonchev–Trinajstić information content (AvgIpc) is 3.06. The molecule has 1 saturated carbocycles. The Kier molecular flexibility index (Phi) is 4.45. The van der Waals surface area contributed by atoms with E-state index in [4.69, 9.17) is 4.42 Å². The van der Waals surface area contributed by atoms with E-state index in [0.717, 1.165) is 31.2 Å². The Balaban J connectivity index is 1.39. The molecule has 1 N–H and O–H groups in total. The number of benzene rings is 1. The molecule has 1 aromatic carbocycles. The van der Waals surface area contributed by atoms with Crippen LogP contribution in [0.15, 0.2) is 46.9 Å². The lowest BCUT2D eigenvalue weighted by Crippen LogP contribution is -2.16. The van der Waals surface area contributed by atoms with Crippen LogP contribution >= 0.6 is 0 Å². The van der Waals surface area contributed by atoms with Crippen LogP contribution in [0.3, 0.4) is 0 Å². The van der Waals surface area contributed by atoms with Crippen LogP contribution in [-0.2, 0) is 6.54 Å². The van der Waals surface area contributed by atoms with Crippen molar-refractivity contribution in [3.63, 3.8) is 0 Å². The van der Waals surface area contributed by atoms with E-state index in [1.165, 1.54) is 17.7 Å². The summed E-state index contributed by atoms with van der Waals surface area (Å²) in [5.41, 5.74) is 1.42. The molecule has 1 aromatic heterocycles. The molecule has 1 aliphatic carbocycles. The highest BCUT2D eigenvalue weighted by atomic mass is 16.3. The second kappa shape index (κ2) is 6.48. The molecule has 1 fully saturated rings. The quantitative estimate of drug-likeness (QED) is 0.746. The van der Waals surface area contributed by atoms with Crippen molar-refractivity contribution in [1.29, 1.82) is 0 Å². The van der Waals surface area contributed by atoms with Gasteiger partial charge in [-0.25, -0.2) is 0 Å². The molecule has 0 bridgehead atoms. The first-order valence-electron chi connectivity index (χ1n) is 8.08. The summed E-state index contributed by atoms with van der Waals surface area (Å²) in [5.74, 6) is 4.33. The lowest BCUT2D eigenvalue weighted by molar-refractivity contribution is 0.441. The topological polar surface area (TPSA) is 25.2 Å². The number of nitrogens with one attached hydrogen (secondary N) is 1. The largest absolute Gasteiger partial charge is 0.464 e. The van der Waals surface area contributed by atoms with Gasteiger partial charge in [-0.05, 0) is 48.9 Å². The molecule has 3 unspecified atom stereocenters. The lowest BCUT2D eigenvalue weighted by atomic mass is 9.98. The van der Waals surface area contributed by atoms with Crippen molar-refractivity contribution in [3.05, 3.63) is 59.5 Å². The minimum absolute atomic E-state index is 0.596. The SMILES string of the molecule is CC(CCNCc1ccc(C2CC2C)o1)c1ccccc1. The van der Waals surface area contributed by atoms with Crippen molar-refractivity contribution >= 4 is 0 Å². The maximum Gasteiger partial charge on any atom is 0.117 e. The van der Waals surface area contributed by atoms with Gasteiger partial charge < -0.3 is 9.73 Å². The zero-order valence-electron chi connectivity index (χ0n) is 13.0. The van der Waals surface area contributed by atoms with Crippen LogP contribution in [0.4, 0.5) is 0 Å². The molecule has 0 amide bonds. The first-order chi connectivity index (χ1) is 10.2. The maximum absolute atomic E-state index is 5.91. The van der Waals surface area contributed by atoms with E-state index in [0.29, 0.717) is 11.8 Å². The Bertz CT molecular complexity index is 560. The van der Waals surface area contributed by atoms with E-state index in [1.54, 1.807) is 0 Å². The standard InChI is InChI=1S/C19H25NO/c1-14(16-6-4-3-5-7-16)10-11-20-13-17-8-9-19(21-17)18-12-15(18)2/h3-9,14-15,18,20H,10-13H2,1-2H3. The second-order valence-corrected chi connectivity index (χ2v) is 6.40. The Hall–Kier alpha value is -1.54. The van der Waals surface area contributed by atoms with E-state index in [1.807, 2.05) is 0 Å². The first kappa shape index (κ1) is 14.4. The molecule has 0 aliphatic heterocycles. The normalized spacial score (nSPS) is 22.2. The van der Waals surface area contributed by atoms with E-state index in [-0.39, 0.29) is 0 Å². The molecule has 2 heteroatoms. The molecular weight excluding hydrogens is 258 g/mol. The average molecular weight is 283 g/mol. The Morgan fingerprint density at radius 2 is 1.95 bits per heavy atom. The highest BCUT2D eigenvalue weighted by Gasteiger charge is 2.36. The summed E-state index contributed by atoms with van der Waals surface area (Å²) in [6, 6.07) is 15.0. The molecular formula is C19H25NO. The fraction of sp³-hybridized carbons (Fsp3) is 0.474. The highest BCUT2D eigenvalue weighted by Crippen LogP contribution is 2.47. The summed E-state index contributed by atoms with van der Waals surface area (Å²) in [4.78, 5) is 0. The molecule has 3 rings (SSSR count). The van der Waals surface area contributed by atoms with Gasteiger partial charge in [0.2, 0.25) is 0 Å². The fourth-order valence-corrected chi connectivity index (χ4v) is 2.89. The highest BCUT2D eigenvalue weighted by molar-refractivity contribution is 5.19. The van der Waals surface area contributed by atoms with E-state index in [2.05, 4.69) is 61.6 Å². The second-order valence-electron chi connectivity index (χ2n) is 6.40. The molecule has 112 valence electrons. The van der Waals surface area contributed by atoms with Crippen molar-refractivity contribution < 1.29 is 4.42 Å². The zero-order valence-corrected chi connectivity index (χ0v) is 13.0. The Morgan fingerprint density at radius 3 is 2.67 bits per heavy atom. The molecule has 0 saturated heterocycles.